The van der Waals surface area contributed by atoms with Gasteiger partial charge in [0, 0.05) is 29.3 Å². The highest BCUT2D eigenvalue weighted by molar-refractivity contribution is 6.07. The van der Waals surface area contributed by atoms with Gasteiger partial charge in [0.25, 0.3) is 5.91 Å². The van der Waals surface area contributed by atoms with Gasteiger partial charge in [-0.1, -0.05) is 18.2 Å². The van der Waals surface area contributed by atoms with E-state index in [-0.39, 0.29) is 30.1 Å². The molecule has 2 aromatic rings. The van der Waals surface area contributed by atoms with Crippen LogP contribution in [0.25, 0.3) is 0 Å². The number of nitrogen functional groups attached to an aromatic ring is 1. The van der Waals surface area contributed by atoms with E-state index in [0.717, 1.165) is 30.5 Å². The minimum Gasteiger partial charge on any atom is -0.481 e. The molecule has 0 radical (unpaired) electrons. The fourth-order valence-corrected chi connectivity index (χ4v) is 3.97. The number of aryl methyl sites for hydroxylation is 1. The minimum atomic E-state index is -0.761. The molecule has 1 atom stereocenters. The largest absolute Gasteiger partial charge is 0.481 e. The lowest BCUT2D eigenvalue weighted by atomic mass is 9.82. The number of carbonyl (C=O) groups is 2. The van der Waals surface area contributed by atoms with Gasteiger partial charge in [-0.3, -0.25) is 15.0 Å². The number of carbonyl (C=O) groups excluding carboxylic acids is 1. The number of amides is 1. The third-order valence-corrected chi connectivity index (χ3v) is 5.44. The summed E-state index contributed by atoms with van der Waals surface area (Å²) in [5.74, 6) is -0.775. The summed E-state index contributed by atoms with van der Waals surface area (Å²) < 4.78 is 0. The van der Waals surface area contributed by atoms with Crippen molar-refractivity contribution in [2.75, 3.05) is 4.90 Å². The first-order valence-corrected chi connectivity index (χ1v) is 9.88. The van der Waals surface area contributed by atoms with Crippen LogP contribution < -0.4 is 10.6 Å². The summed E-state index contributed by atoms with van der Waals surface area (Å²) in [6, 6.07) is 12.7. The number of fused-ring (bicyclic) bond motifs is 1. The van der Waals surface area contributed by atoms with Crippen molar-refractivity contribution in [3.8, 4) is 0 Å². The number of nitrogens with one attached hydrogen (secondary N) is 1. The quantitative estimate of drug-likeness (QED) is 0.515. The molecule has 0 bridgehead atoms. The number of nitrogens with zero attached hydrogens (tertiary/aromatic N) is 1. The second-order valence-corrected chi connectivity index (χ2v) is 7.92. The maximum absolute atomic E-state index is 13.2. The van der Waals surface area contributed by atoms with Gasteiger partial charge in [0.15, 0.2) is 0 Å². The topological polar surface area (TPSA) is 107 Å². The lowest BCUT2D eigenvalue weighted by molar-refractivity contribution is -0.138. The Morgan fingerprint density at radius 3 is 2.38 bits per heavy atom. The van der Waals surface area contributed by atoms with Gasteiger partial charge in [0.1, 0.15) is 5.84 Å². The average Bonchev–Trinajstić information content (AvgIpc) is 2.67. The van der Waals surface area contributed by atoms with E-state index in [2.05, 4.69) is 6.07 Å². The predicted molar refractivity (Wildman–Crippen MR) is 114 cm³/mol. The molecule has 1 unspecified atom stereocenters. The zero-order chi connectivity index (χ0) is 21.1. The normalized spacial score (nSPS) is 15.6. The number of rotatable bonds is 6. The first-order chi connectivity index (χ1) is 13.8. The van der Waals surface area contributed by atoms with E-state index in [4.69, 9.17) is 16.2 Å². The van der Waals surface area contributed by atoms with E-state index >= 15 is 0 Å². The summed E-state index contributed by atoms with van der Waals surface area (Å²) in [7, 11) is 0. The summed E-state index contributed by atoms with van der Waals surface area (Å²) in [5.41, 5.74) is 9.79. The third-order valence-electron chi connectivity index (χ3n) is 5.44. The fraction of sp³-hybridized carbons (Fsp3) is 0.348. The number of aliphatic carboxylic acids is 1. The second kappa shape index (κ2) is 8.47. The lowest BCUT2D eigenvalue weighted by Gasteiger charge is -2.30. The zero-order valence-corrected chi connectivity index (χ0v) is 16.8. The van der Waals surface area contributed by atoms with Crippen LogP contribution >= 0.6 is 0 Å². The van der Waals surface area contributed by atoms with Crippen LogP contribution in [0, 0.1) is 11.3 Å². The molecular formula is C23H27N3O3. The number of anilines is 1. The average molecular weight is 393 g/mol. The monoisotopic (exact) mass is 393 g/mol. The van der Waals surface area contributed by atoms with E-state index in [1.54, 1.807) is 29.2 Å². The molecular weight excluding hydrogens is 366 g/mol. The molecule has 0 fully saturated rings. The molecule has 1 aliphatic carbocycles. The number of carboxylic acids is 1. The Morgan fingerprint density at radius 1 is 1.14 bits per heavy atom. The Labute approximate surface area is 170 Å². The second-order valence-electron chi connectivity index (χ2n) is 7.92. The van der Waals surface area contributed by atoms with Crippen LogP contribution in [0.1, 0.15) is 53.7 Å². The highest BCUT2D eigenvalue weighted by Gasteiger charge is 2.25. The number of hydrogen-bond acceptors (Lipinski definition) is 3. The summed E-state index contributed by atoms with van der Waals surface area (Å²) in [4.78, 5) is 26.0. The van der Waals surface area contributed by atoms with E-state index in [9.17, 15) is 9.59 Å². The molecule has 0 saturated heterocycles. The van der Waals surface area contributed by atoms with Crippen molar-refractivity contribution < 1.29 is 14.7 Å². The van der Waals surface area contributed by atoms with Crippen LogP contribution in [0.3, 0.4) is 0 Å². The van der Waals surface area contributed by atoms with Gasteiger partial charge in [-0.2, -0.15) is 0 Å². The van der Waals surface area contributed by atoms with Gasteiger partial charge in [-0.25, -0.2) is 0 Å². The molecule has 4 N–H and O–H groups in total. The number of nitrogens with two attached hydrogens (primary N) is 1. The van der Waals surface area contributed by atoms with Crippen molar-refractivity contribution in [2.45, 2.75) is 45.6 Å². The first kappa shape index (κ1) is 20.6. The Hall–Kier alpha value is -3.15. The molecule has 29 heavy (non-hydrogen) atoms. The van der Waals surface area contributed by atoms with Crippen LogP contribution in [0.4, 0.5) is 5.69 Å². The lowest BCUT2D eigenvalue weighted by Crippen LogP contribution is -2.37. The van der Waals surface area contributed by atoms with Crippen LogP contribution in [0.15, 0.2) is 42.5 Å². The number of amidine groups is 1. The van der Waals surface area contributed by atoms with Crippen molar-refractivity contribution >= 4 is 23.4 Å². The fourth-order valence-electron chi connectivity index (χ4n) is 3.97. The maximum atomic E-state index is 13.2. The van der Waals surface area contributed by atoms with E-state index < -0.39 is 5.97 Å². The van der Waals surface area contributed by atoms with Gasteiger partial charge in [-0.05, 0) is 74.4 Å². The summed E-state index contributed by atoms with van der Waals surface area (Å²) in [6.07, 6.45) is 2.66. The van der Waals surface area contributed by atoms with Crippen molar-refractivity contribution in [1.29, 1.82) is 5.41 Å². The van der Waals surface area contributed by atoms with Gasteiger partial charge >= 0.3 is 5.97 Å². The molecule has 0 saturated carbocycles. The summed E-state index contributed by atoms with van der Waals surface area (Å²) in [6.45, 7) is 3.93. The Kier molecular flexibility index (Phi) is 6.01. The van der Waals surface area contributed by atoms with Gasteiger partial charge in [0.2, 0.25) is 0 Å². The van der Waals surface area contributed by atoms with Crippen molar-refractivity contribution in [3.63, 3.8) is 0 Å². The molecule has 152 valence electrons. The molecule has 0 spiro atoms. The molecule has 0 heterocycles. The Balaban J connectivity index is 1.88. The summed E-state index contributed by atoms with van der Waals surface area (Å²) >= 11 is 0. The van der Waals surface area contributed by atoms with Crippen molar-refractivity contribution in [2.24, 2.45) is 11.7 Å². The van der Waals surface area contributed by atoms with Gasteiger partial charge in [0.05, 0.1) is 0 Å². The van der Waals surface area contributed by atoms with Crippen LogP contribution in [0.2, 0.25) is 0 Å². The standard InChI is InChI=1S/C23H27N3O3/c1-14(2)26(23(29)18-7-5-17(6-8-18)22(24)25)20-10-9-16-4-3-15(12-21(27)28)11-19(16)13-20/h5-10,13-15H,3-4,11-12H2,1-2H3,(H3,24,25)(H,27,28). The molecule has 6 heteroatoms. The van der Waals surface area contributed by atoms with E-state index in [1.807, 2.05) is 26.0 Å². The van der Waals surface area contributed by atoms with Gasteiger partial charge < -0.3 is 15.7 Å². The van der Waals surface area contributed by atoms with E-state index in [1.165, 1.54) is 5.56 Å². The number of carboxylic acid groups (broad SMARTS) is 1. The molecule has 2 aromatic carbocycles. The van der Waals surface area contributed by atoms with Crippen molar-refractivity contribution in [1.82, 2.24) is 0 Å². The minimum absolute atomic E-state index is 0.0321. The smallest absolute Gasteiger partial charge is 0.303 e. The van der Waals surface area contributed by atoms with Gasteiger partial charge in [-0.15, -0.1) is 0 Å². The molecule has 3 rings (SSSR count). The molecule has 6 nitrogen and oxygen atoms in total. The third kappa shape index (κ3) is 4.65. The van der Waals surface area contributed by atoms with Crippen molar-refractivity contribution in [3.05, 3.63) is 64.7 Å². The van der Waals surface area contributed by atoms with Crippen LogP contribution in [-0.2, 0) is 17.6 Å². The molecule has 0 aliphatic heterocycles. The van der Waals surface area contributed by atoms with Crippen LogP contribution in [-0.4, -0.2) is 28.9 Å². The highest BCUT2D eigenvalue weighted by atomic mass is 16.4. The predicted octanol–water partition coefficient (Wildman–Crippen LogP) is 3.61. The van der Waals surface area contributed by atoms with Crippen LogP contribution in [0.5, 0.6) is 0 Å². The summed E-state index contributed by atoms with van der Waals surface area (Å²) in [5, 5.41) is 16.6. The number of hydrogen-bond donors (Lipinski definition) is 3. The zero-order valence-electron chi connectivity index (χ0n) is 16.8. The Bertz CT molecular complexity index is 935. The SMILES string of the molecule is CC(C)N(C(=O)c1ccc(C(=N)N)cc1)c1ccc2c(c1)CC(CC(=O)O)CC2. The number of benzene rings is 2. The molecule has 1 aliphatic rings. The molecule has 0 aromatic heterocycles. The Morgan fingerprint density at radius 2 is 1.79 bits per heavy atom. The highest BCUT2D eigenvalue weighted by Crippen LogP contribution is 2.32. The maximum Gasteiger partial charge on any atom is 0.303 e. The van der Waals surface area contributed by atoms with E-state index in [0.29, 0.717) is 11.1 Å². The molecule has 1 amide bonds. The first-order valence-electron chi connectivity index (χ1n) is 9.88.